The van der Waals surface area contributed by atoms with Gasteiger partial charge in [0, 0.05) is 11.1 Å². The number of nitrogens with zero attached hydrogens (tertiary/aromatic N) is 2. The molecule has 0 heterocycles. The van der Waals surface area contributed by atoms with Crippen LogP contribution in [0.15, 0.2) is 107 Å². The maximum Gasteiger partial charge on any atom is 0.217 e. The minimum atomic E-state index is -0.387. The third-order valence-electron chi connectivity index (χ3n) is 3.54. The van der Waals surface area contributed by atoms with Crippen LogP contribution in [0.2, 0.25) is 0 Å². The van der Waals surface area contributed by atoms with Gasteiger partial charge in [-0.3, -0.25) is 4.79 Å². The summed E-state index contributed by atoms with van der Waals surface area (Å²) in [7, 11) is 0. The lowest BCUT2D eigenvalue weighted by Crippen LogP contribution is -2.04. The number of hydrogen-bond acceptors (Lipinski definition) is 4. The molecule has 0 fully saturated rings. The van der Waals surface area contributed by atoms with Crippen molar-refractivity contribution in [3.05, 3.63) is 108 Å². The van der Waals surface area contributed by atoms with E-state index >= 15 is 0 Å². The molecule has 0 spiro atoms. The lowest BCUT2D eigenvalue weighted by Gasteiger charge is -2.06. The maximum absolute atomic E-state index is 12.8. The summed E-state index contributed by atoms with van der Waals surface area (Å²) in [6, 6.07) is 26.6. The van der Waals surface area contributed by atoms with Gasteiger partial charge in [0.15, 0.2) is 11.5 Å². The SMILES string of the molecule is O=C(C(N=Nc1ccccc1)=C(O)c1ccccc1)c1ccccc1. The predicted octanol–water partition coefficient (Wildman–Crippen LogP) is 5.58. The first-order valence-electron chi connectivity index (χ1n) is 7.81. The van der Waals surface area contributed by atoms with Crippen molar-refractivity contribution < 1.29 is 9.90 Å². The number of benzene rings is 3. The number of hydrogen-bond donors (Lipinski definition) is 1. The number of azo groups is 1. The van der Waals surface area contributed by atoms with E-state index in [1.54, 1.807) is 60.7 Å². The summed E-state index contributed by atoms with van der Waals surface area (Å²) < 4.78 is 0. The molecule has 0 bridgehead atoms. The Hall–Kier alpha value is -3.53. The van der Waals surface area contributed by atoms with Crippen LogP contribution in [0.3, 0.4) is 0 Å². The van der Waals surface area contributed by atoms with Crippen molar-refractivity contribution in [2.45, 2.75) is 0 Å². The highest BCUT2D eigenvalue weighted by Crippen LogP contribution is 2.22. The summed E-state index contributed by atoms with van der Waals surface area (Å²) in [6.07, 6.45) is 0. The Labute approximate surface area is 145 Å². The number of allylic oxidation sites excluding steroid dienone is 1. The zero-order valence-corrected chi connectivity index (χ0v) is 13.4. The minimum absolute atomic E-state index is 0.0961. The highest BCUT2D eigenvalue weighted by molar-refractivity contribution is 6.12. The molecule has 0 atom stereocenters. The van der Waals surface area contributed by atoms with Gasteiger partial charge in [0.05, 0.1) is 5.69 Å². The monoisotopic (exact) mass is 328 g/mol. The summed E-state index contributed by atoms with van der Waals surface area (Å²) in [5.74, 6) is -0.587. The Morgan fingerprint density at radius 2 is 1.16 bits per heavy atom. The predicted molar refractivity (Wildman–Crippen MR) is 97.7 cm³/mol. The Bertz CT molecular complexity index is 902. The number of Topliss-reactive ketones (excluding diaryl/α,β-unsaturated/α-hetero) is 1. The quantitative estimate of drug-likeness (QED) is 0.287. The van der Waals surface area contributed by atoms with E-state index < -0.39 is 0 Å². The van der Waals surface area contributed by atoms with Gasteiger partial charge >= 0.3 is 0 Å². The largest absolute Gasteiger partial charge is 0.505 e. The molecule has 0 aromatic heterocycles. The van der Waals surface area contributed by atoms with Gasteiger partial charge in [0.1, 0.15) is 0 Å². The van der Waals surface area contributed by atoms with Crippen LogP contribution in [-0.4, -0.2) is 10.9 Å². The summed E-state index contributed by atoms with van der Waals surface area (Å²) >= 11 is 0. The van der Waals surface area contributed by atoms with E-state index in [0.717, 1.165) is 0 Å². The van der Waals surface area contributed by atoms with E-state index in [2.05, 4.69) is 10.2 Å². The number of carbonyl (C=O) groups is 1. The Kier molecular flexibility index (Phi) is 5.12. The molecule has 0 radical (unpaired) electrons. The molecule has 4 heteroatoms. The van der Waals surface area contributed by atoms with Gasteiger partial charge in [-0.2, -0.15) is 5.11 Å². The molecule has 3 rings (SSSR count). The van der Waals surface area contributed by atoms with E-state index in [9.17, 15) is 9.90 Å². The van der Waals surface area contributed by atoms with Crippen molar-refractivity contribution in [2.75, 3.05) is 0 Å². The second kappa shape index (κ2) is 7.84. The first kappa shape index (κ1) is 16.3. The van der Waals surface area contributed by atoms with Crippen molar-refractivity contribution in [3.63, 3.8) is 0 Å². The van der Waals surface area contributed by atoms with Crippen LogP contribution in [0.5, 0.6) is 0 Å². The van der Waals surface area contributed by atoms with Crippen LogP contribution < -0.4 is 0 Å². The molecule has 0 aliphatic carbocycles. The first-order valence-corrected chi connectivity index (χ1v) is 7.81. The molecule has 0 saturated heterocycles. The highest BCUT2D eigenvalue weighted by Gasteiger charge is 2.18. The van der Waals surface area contributed by atoms with Crippen molar-refractivity contribution in [3.8, 4) is 0 Å². The van der Waals surface area contributed by atoms with Gasteiger partial charge < -0.3 is 5.11 Å². The topological polar surface area (TPSA) is 62.0 Å². The van der Waals surface area contributed by atoms with Gasteiger partial charge in [0.25, 0.3) is 0 Å². The molecule has 3 aromatic rings. The van der Waals surface area contributed by atoms with Gasteiger partial charge in [-0.1, -0.05) is 78.9 Å². The standard InChI is InChI=1S/C21H16N2O2/c24-20(16-10-4-1-5-11-16)19(21(25)17-12-6-2-7-13-17)23-22-18-14-8-3-9-15-18/h1-15,24H. The third kappa shape index (κ3) is 4.06. The van der Waals surface area contributed by atoms with E-state index in [0.29, 0.717) is 16.8 Å². The molecule has 0 saturated carbocycles. The van der Waals surface area contributed by atoms with E-state index in [1.807, 2.05) is 30.3 Å². The first-order chi connectivity index (χ1) is 12.3. The second-order valence-corrected chi connectivity index (χ2v) is 5.29. The molecule has 3 aromatic carbocycles. The highest BCUT2D eigenvalue weighted by atomic mass is 16.3. The molecule has 0 aliphatic rings. The molecular formula is C21H16N2O2. The second-order valence-electron chi connectivity index (χ2n) is 5.29. The maximum atomic E-state index is 12.8. The van der Waals surface area contributed by atoms with E-state index in [1.165, 1.54) is 0 Å². The van der Waals surface area contributed by atoms with Crippen LogP contribution in [0.25, 0.3) is 5.76 Å². The smallest absolute Gasteiger partial charge is 0.217 e. The minimum Gasteiger partial charge on any atom is -0.505 e. The van der Waals surface area contributed by atoms with Gasteiger partial charge in [0.2, 0.25) is 5.78 Å². The Balaban J connectivity index is 2.05. The molecule has 4 nitrogen and oxygen atoms in total. The lowest BCUT2D eigenvalue weighted by atomic mass is 10.1. The summed E-state index contributed by atoms with van der Waals surface area (Å²) in [4.78, 5) is 12.8. The number of aliphatic hydroxyl groups excluding tert-OH is 1. The molecule has 25 heavy (non-hydrogen) atoms. The molecule has 0 amide bonds. The van der Waals surface area contributed by atoms with Crippen LogP contribution >= 0.6 is 0 Å². The van der Waals surface area contributed by atoms with Crippen molar-refractivity contribution in [2.24, 2.45) is 10.2 Å². The summed E-state index contributed by atoms with van der Waals surface area (Å²) in [6.45, 7) is 0. The van der Waals surface area contributed by atoms with Crippen molar-refractivity contribution in [1.82, 2.24) is 0 Å². The van der Waals surface area contributed by atoms with Crippen LogP contribution in [0.4, 0.5) is 5.69 Å². The number of ketones is 1. The fourth-order valence-corrected chi connectivity index (χ4v) is 2.26. The zero-order chi connectivity index (χ0) is 17.5. The Morgan fingerprint density at radius 1 is 0.680 bits per heavy atom. The van der Waals surface area contributed by atoms with Gasteiger partial charge in [-0.15, -0.1) is 5.11 Å². The fourth-order valence-electron chi connectivity index (χ4n) is 2.26. The van der Waals surface area contributed by atoms with Crippen LogP contribution in [-0.2, 0) is 0 Å². The van der Waals surface area contributed by atoms with Crippen LogP contribution in [0.1, 0.15) is 15.9 Å². The molecule has 0 unspecified atom stereocenters. The summed E-state index contributed by atoms with van der Waals surface area (Å²) in [5.41, 5.74) is 1.45. The molecule has 122 valence electrons. The van der Waals surface area contributed by atoms with Gasteiger partial charge in [-0.25, -0.2) is 0 Å². The lowest BCUT2D eigenvalue weighted by molar-refractivity contribution is 0.103. The average Bonchev–Trinajstić information content (AvgIpc) is 2.70. The average molecular weight is 328 g/mol. The third-order valence-corrected chi connectivity index (χ3v) is 3.54. The molecule has 0 aliphatic heterocycles. The van der Waals surface area contributed by atoms with Crippen molar-refractivity contribution >= 4 is 17.2 Å². The number of aliphatic hydroxyl groups is 1. The van der Waals surface area contributed by atoms with E-state index in [4.69, 9.17) is 0 Å². The Morgan fingerprint density at radius 3 is 1.72 bits per heavy atom. The molecule has 1 N–H and O–H groups in total. The van der Waals surface area contributed by atoms with Crippen molar-refractivity contribution in [1.29, 1.82) is 0 Å². The molecular weight excluding hydrogens is 312 g/mol. The van der Waals surface area contributed by atoms with Crippen LogP contribution in [0, 0.1) is 0 Å². The number of carbonyl (C=O) groups excluding carboxylic acids is 1. The van der Waals surface area contributed by atoms with Gasteiger partial charge in [-0.05, 0) is 12.1 Å². The fraction of sp³-hybridized carbons (Fsp3) is 0. The number of rotatable bonds is 5. The summed E-state index contributed by atoms with van der Waals surface area (Å²) in [5, 5.41) is 18.7. The normalized spacial score (nSPS) is 12.0. The zero-order valence-electron chi connectivity index (χ0n) is 13.4. The van der Waals surface area contributed by atoms with E-state index in [-0.39, 0.29) is 17.2 Å².